The molecule has 9 heteroatoms. The van der Waals surface area contributed by atoms with Gasteiger partial charge in [-0.1, -0.05) is 12.1 Å². The molecule has 5 heterocycles. The molecule has 1 N–H and O–H groups in total. The number of aromatic amines is 1. The van der Waals surface area contributed by atoms with E-state index in [1.165, 1.54) is 30.8 Å². The summed E-state index contributed by atoms with van der Waals surface area (Å²) in [6.45, 7) is 6.46. The van der Waals surface area contributed by atoms with Gasteiger partial charge >= 0.3 is 0 Å². The molecular weight excluding hydrogens is 446 g/mol. The third-order valence-electron chi connectivity index (χ3n) is 7.18. The van der Waals surface area contributed by atoms with Gasteiger partial charge in [-0.05, 0) is 52.2 Å². The first-order valence-electron chi connectivity index (χ1n) is 12.1. The second-order valence-electron chi connectivity index (χ2n) is 9.49. The summed E-state index contributed by atoms with van der Waals surface area (Å²) in [5.41, 5.74) is 2.02. The molecule has 0 saturated carbocycles. The topological polar surface area (TPSA) is 73.4 Å². The van der Waals surface area contributed by atoms with Crippen molar-refractivity contribution in [3.05, 3.63) is 35.3 Å². The monoisotopic (exact) mass is 477 g/mol. The number of nitrogens with one attached hydrogen (secondary N) is 1. The number of H-pyrrole nitrogens is 1. The molecule has 0 unspecified atom stereocenters. The van der Waals surface area contributed by atoms with Crippen LogP contribution < -0.4 is 4.90 Å². The van der Waals surface area contributed by atoms with Crippen LogP contribution in [0.15, 0.2) is 30.5 Å². The summed E-state index contributed by atoms with van der Waals surface area (Å²) in [7, 11) is 4.48. The van der Waals surface area contributed by atoms with Crippen molar-refractivity contribution in [1.29, 1.82) is 0 Å². The maximum absolute atomic E-state index is 5.62. The summed E-state index contributed by atoms with van der Waals surface area (Å²) in [4.78, 5) is 19.9. The summed E-state index contributed by atoms with van der Waals surface area (Å²) in [5, 5.41) is 9.50. The number of benzene rings is 1. The van der Waals surface area contributed by atoms with Crippen molar-refractivity contribution in [3.63, 3.8) is 0 Å². The number of aromatic nitrogens is 4. The number of hydrogen-bond donors (Lipinski definition) is 1. The van der Waals surface area contributed by atoms with Gasteiger partial charge in [0.15, 0.2) is 5.82 Å². The first kappa shape index (κ1) is 21.9. The van der Waals surface area contributed by atoms with Crippen molar-refractivity contribution in [2.24, 2.45) is 0 Å². The number of piperidine rings is 1. The Morgan fingerprint density at radius 3 is 2.76 bits per heavy atom. The Labute approximate surface area is 203 Å². The number of nitrogens with zero attached hydrogens (tertiary/aromatic N) is 6. The van der Waals surface area contributed by atoms with E-state index in [1.807, 2.05) is 18.3 Å². The van der Waals surface area contributed by atoms with E-state index in [1.54, 1.807) is 11.3 Å². The zero-order valence-electron chi connectivity index (χ0n) is 19.8. The minimum Gasteiger partial charge on any atom is -0.378 e. The van der Waals surface area contributed by atoms with Crippen molar-refractivity contribution in [2.75, 3.05) is 58.4 Å². The average Bonchev–Trinajstić information content (AvgIpc) is 3.50. The molecule has 3 aromatic heterocycles. The van der Waals surface area contributed by atoms with E-state index in [-0.39, 0.29) is 0 Å². The molecular formula is C25H31N7OS. The molecule has 0 amide bonds. The predicted molar refractivity (Wildman–Crippen MR) is 138 cm³/mol. The molecule has 0 spiro atoms. The minimum absolute atomic E-state index is 0.639. The van der Waals surface area contributed by atoms with E-state index in [9.17, 15) is 0 Å². The largest absolute Gasteiger partial charge is 0.378 e. The number of likely N-dealkylation sites (tertiary alicyclic amines) is 1. The Hall–Kier alpha value is -2.59. The Bertz CT molecular complexity index is 1290. The number of anilines is 1. The van der Waals surface area contributed by atoms with Crippen LogP contribution in [0, 0.1) is 0 Å². The maximum Gasteiger partial charge on any atom is 0.163 e. The highest BCUT2D eigenvalue weighted by Crippen LogP contribution is 2.36. The van der Waals surface area contributed by atoms with E-state index >= 15 is 0 Å². The smallest absolute Gasteiger partial charge is 0.163 e. The number of fused-ring (bicyclic) bond motifs is 2. The van der Waals surface area contributed by atoms with Gasteiger partial charge in [0.1, 0.15) is 10.6 Å². The molecule has 0 atom stereocenters. The summed E-state index contributed by atoms with van der Waals surface area (Å²) in [6, 6.07) is 9.12. The molecule has 2 saturated heterocycles. The molecule has 2 aliphatic rings. The molecule has 8 nitrogen and oxygen atoms in total. The number of morpholine rings is 1. The van der Waals surface area contributed by atoms with Crippen LogP contribution in [-0.2, 0) is 11.3 Å². The van der Waals surface area contributed by atoms with Gasteiger partial charge in [0.05, 0.1) is 30.3 Å². The maximum atomic E-state index is 5.62. The molecule has 2 aliphatic heterocycles. The van der Waals surface area contributed by atoms with Gasteiger partial charge in [-0.3, -0.25) is 10.00 Å². The highest BCUT2D eigenvalue weighted by atomic mass is 32.1. The lowest BCUT2D eigenvalue weighted by molar-refractivity contribution is 0.122. The van der Waals surface area contributed by atoms with Crippen molar-refractivity contribution >= 4 is 38.3 Å². The van der Waals surface area contributed by atoms with Gasteiger partial charge in [-0.25, -0.2) is 9.97 Å². The van der Waals surface area contributed by atoms with Crippen LogP contribution in [0.1, 0.15) is 17.7 Å². The van der Waals surface area contributed by atoms with Crippen LogP contribution in [0.2, 0.25) is 0 Å². The third kappa shape index (κ3) is 4.17. The van der Waals surface area contributed by atoms with E-state index < -0.39 is 0 Å². The average molecular weight is 478 g/mol. The molecule has 1 aromatic carbocycles. The lowest BCUT2D eigenvalue weighted by Crippen LogP contribution is -2.41. The van der Waals surface area contributed by atoms with Crippen LogP contribution in [0.3, 0.4) is 0 Å². The van der Waals surface area contributed by atoms with Gasteiger partial charge in [0, 0.05) is 41.5 Å². The first-order valence-corrected chi connectivity index (χ1v) is 12.9. The van der Waals surface area contributed by atoms with Gasteiger partial charge in [0.2, 0.25) is 0 Å². The molecule has 2 fully saturated rings. The fraction of sp³-hybridized carbons (Fsp3) is 0.480. The third-order valence-corrected chi connectivity index (χ3v) is 8.19. The molecule has 34 heavy (non-hydrogen) atoms. The van der Waals surface area contributed by atoms with Crippen LogP contribution in [0.25, 0.3) is 32.5 Å². The van der Waals surface area contributed by atoms with E-state index in [4.69, 9.17) is 14.7 Å². The SMILES string of the molecule is CN1CCC(N(C)Cc2cc3c(N4CCOCC4)nc(-c4cccc5[nH]ncc45)nc3s2)CC1. The van der Waals surface area contributed by atoms with Crippen LogP contribution in [0.5, 0.6) is 0 Å². The van der Waals surface area contributed by atoms with E-state index in [0.29, 0.717) is 6.04 Å². The van der Waals surface area contributed by atoms with Gasteiger partial charge in [0.25, 0.3) is 0 Å². The normalized spacial score (nSPS) is 18.5. The summed E-state index contributed by atoms with van der Waals surface area (Å²) in [6.07, 6.45) is 4.33. The second kappa shape index (κ2) is 9.22. The number of ether oxygens (including phenoxy) is 1. The van der Waals surface area contributed by atoms with Crippen LogP contribution in [-0.4, -0.2) is 89.5 Å². The van der Waals surface area contributed by atoms with Crippen molar-refractivity contribution in [3.8, 4) is 11.4 Å². The van der Waals surface area contributed by atoms with Crippen molar-refractivity contribution < 1.29 is 4.74 Å². The van der Waals surface area contributed by atoms with Gasteiger partial charge < -0.3 is 14.5 Å². The fourth-order valence-electron chi connectivity index (χ4n) is 5.14. The standard InChI is InChI=1S/C25H31N7OS/c1-30-8-6-17(7-9-30)31(2)16-18-14-20-24(32-10-12-33-13-11-32)27-23(28-25(20)34-18)19-4-3-5-22-21(19)15-26-29-22/h3-5,14-15,17H,6-13,16H2,1-2H3,(H,26,29). The van der Waals surface area contributed by atoms with E-state index in [2.05, 4.69) is 51.1 Å². The lowest BCUT2D eigenvalue weighted by atomic mass is 10.0. The lowest BCUT2D eigenvalue weighted by Gasteiger charge is -2.34. The van der Waals surface area contributed by atoms with E-state index in [0.717, 1.165) is 71.2 Å². The summed E-state index contributed by atoms with van der Waals surface area (Å²) >= 11 is 1.80. The molecule has 178 valence electrons. The zero-order chi connectivity index (χ0) is 23.1. The molecule has 4 aromatic rings. The Morgan fingerprint density at radius 1 is 1.12 bits per heavy atom. The van der Waals surface area contributed by atoms with Crippen molar-refractivity contribution in [2.45, 2.75) is 25.4 Å². The Balaban J connectivity index is 1.38. The van der Waals surface area contributed by atoms with Gasteiger partial charge in [-0.2, -0.15) is 5.10 Å². The second-order valence-corrected chi connectivity index (χ2v) is 10.6. The first-order chi connectivity index (χ1) is 16.7. The number of thiophene rings is 1. The molecule has 6 rings (SSSR count). The zero-order valence-corrected chi connectivity index (χ0v) is 20.6. The quantitative estimate of drug-likeness (QED) is 0.471. The van der Waals surface area contributed by atoms with Crippen LogP contribution >= 0.6 is 11.3 Å². The van der Waals surface area contributed by atoms with Gasteiger partial charge in [-0.15, -0.1) is 11.3 Å². The minimum atomic E-state index is 0.639. The fourth-order valence-corrected chi connectivity index (χ4v) is 6.23. The van der Waals surface area contributed by atoms with Crippen molar-refractivity contribution in [1.82, 2.24) is 30.0 Å². The number of hydrogen-bond acceptors (Lipinski definition) is 8. The molecule has 0 aliphatic carbocycles. The molecule has 0 radical (unpaired) electrons. The highest BCUT2D eigenvalue weighted by molar-refractivity contribution is 7.18. The highest BCUT2D eigenvalue weighted by Gasteiger charge is 2.24. The molecule has 0 bridgehead atoms. The Morgan fingerprint density at radius 2 is 1.94 bits per heavy atom. The number of rotatable bonds is 5. The Kier molecular flexibility index (Phi) is 5.94. The summed E-state index contributed by atoms with van der Waals surface area (Å²) < 4.78 is 5.62. The summed E-state index contributed by atoms with van der Waals surface area (Å²) in [5.74, 6) is 1.78. The predicted octanol–water partition coefficient (Wildman–Crippen LogP) is 3.60. The van der Waals surface area contributed by atoms with Crippen LogP contribution in [0.4, 0.5) is 5.82 Å².